The van der Waals surface area contributed by atoms with Crippen molar-refractivity contribution in [3.8, 4) is 6.07 Å². The lowest BCUT2D eigenvalue weighted by atomic mass is 10.1. The predicted octanol–water partition coefficient (Wildman–Crippen LogP) is 0.978. The average molecular weight is 203 g/mol. The quantitative estimate of drug-likeness (QED) is 0.719. The van der Waals surface area contributed by atoms with Gasteiger partial charge >= 0.3 is 0 Å². The van der Waals surface area contributed by atoms with Gasteiger partial charge < -0.3 is 4.74 Å². The monoisotopic (exact) mass is 203 g/mol. The zero-order chi connectivity index (χ0) is 10.5. The molecule has 0 aromatic carbocycles. The highest BCUT2D eigenvalue weighted by atomic mass is 16.5. The first-order valence-electron chi connectivity index (χ1n) is 5.03. The van der Waals surface area contributed by atoms with Crippen molar-refractivity contribution in [2.75, 3.05) is 26.3 Å². The molecule has 1 aromatic heterocycles. The van der Waals surface area contributed by atoms with E-state index in [0.29, 0.717) is 13.2 Å². The molecule has 1 atom stereocenters. The fourth-order valence-electron chi connectivity index (χ4n) is 1.74. The maximum Gasteiger partial charge on any atom is 0.125 e. The molecule has 0 bridgehead atoms. The number of pyridine rings is 1. The van der Waals surface area contributed by atoms with Crippen LogP contribution in [0.2, 0.25) is 0 Å². The highest BCUT2D eigenvalue weighted by molar-refractivity contribution is 5.20. The van der Waals surface area contributed by atoms with Crippen LogP contribution in [0.5, 0.6) is 0 Å². The third kappa shape index (κ3) is 2.32. The van der Waals surface area contributed by atoms with Gasteiger partial charge in [0, 0.05) is 31.0 Å². The van der Waals surface area contributed by atoms with Gasteiger partial charge in [0.15, 0.2) is 0 Å². The normalized spacial score (nSPS) is 19.4. The van der Waals surface area contributed by atoms with Crippen molar-refractivity contribution in [2.24, 2.45) is 0 Å². The molecule has 4 heteroatoms. The molecule has 2 heterocycles. The first-order chi connectivity index (χ1) is 7.42. The second kappa shape index (κ2) is 4.87. The van der Waals surface area contributed by atoms with Crippen molar-refractivity contribution in [3.63, 3.8) is 0 Å². The summed E-state index contributed by atoms with van der Waals surface area (Å²) in [5.74, 6) is 0. The summed E-state index contributed by atoms with van der Waals surface area (Å²) in [5, 5.41) is 9.17. The van der Waals surface area contributed by atoms with E-state index in [9.17, 15) is 5.26 Å². The Morgan fingerprint density at radius 1 is 1.47 bits per heavy atom. The highest BCUT2D eigenvalue weighted by Crippen LogP contribution is 2.19. The lowest BCUT2D eigenvalue weighted by Crippen LogP contribution is -2.38. The molecule has 2 rings (SSSR count). The number of rotatable bonds is 2. The molecule has 0 N–H and O–H groups in total. The van der Waals surface area contributed by atoms with Crippen molar-refractivity contribution in [3.05, 3.63) is 30.1 Å². The first kappa shape index (κ1) is 10.1. The summed E-state index contributed by atoms with van der Waals surface area (Å²) in [4.78, 5) is 6.16. The second-order valence-electron chi connectivity index (χ2n) is 3.47. The minimum absolute atomic E-state index is 0.192. The zero-order valence-corrected chi connectivity index (χ0v) is 8.47. The van der Waals surface area contributed by atoms with Gasteiger partial charge in [0.05, 0.1) is 19.3 Å². The maximum atomic E-state index is 9.17. The average Bonchev–Trinajstić information content (AvgIpc) is 2.33. The Bertz CT molecular complexity index is 341. The van der Waals surface area contributed by atoms with E-state index >= 15 is 0 Å². The van der Waals surface area contributed by atoms with Gasteiger partial charge in [-0.2, -0.15) is 5.26 Å². The minimum Gasteiger partial charge on any atom is -0.379 e. The molecular formula is C11H13N3O. The fourth-order valence-corrected chi connectivity index (χ4v) is 1.74. The Balaban J connectivity index is 2.14. The van der Waals surface area contributed by atoms with Gasteiger partial charge in [0.2, 0.25) is 0 Å². The van der Waals surface area contributed by atoms with E-state index in [0.717, 1.165) is 18.7 Å². The molecule has 1 saturated heterocycles. The fraction of sp³-hybridized carbons (Fsp3) is 0.455. The molecule has 0 amide bonds. The van der Waals surface area contributed by atoms with Gasteiger partial charge in [-0.3, -0.25) is 9.88 Å². The van der Waals surface area contributed by atoms with E-state index in [-0.39, 0.29) is 6.04 Å². The van der Waals surface area contributed by atoms with Crippen LogP contribution in [0, 0.1) is 11.3 Å². The van der Waals surface area contributed by atoms with Crippen molar-refractivity contribution in [1.82, 2.24) is 9.88 Å². The van der Waals surface area contributed by atoms with E-state index in [1.54, 1.807) is 12.4 Å². The van der Waals surface area contributed by atoms with Crippen LogP contribution in [0.15, 0.2) is 24.5 Å². The minimum atomic E-state index is -0.192. The number of hydrogen-bond acceptors (Lipinski definition) is 4. The third-order valence-electron chi connectivity index (χ3n) is 2.53. The van der Waals surface area contributed by atoms with Crippen LogP contribution >= 0.6 is 0 Å². The van der Waals surface area contributed by atoms with Crippen molar-refractivity contribution in [2.45, 2.75) is 6.04 Å². The Hall–Kier alpha value is -1.44. The topological polar surface area (TPSA) is 49.2 Å². The summed E-state index contributed by atoms with van der Waals surface area (Å²) in [6.45, 7) is 3.04. The van der Waals surface area contributed by atoms with Crippen LogP contribution in [-0.2, 0) is 4.74 Å². The SMILES string of the molecule is N#C[C@H](c1cccnc1)N1CCOCC1. The maximum absolute atomic E-state index is 9.17. The number of morpholine rings is 1. The van der Waals surface area contributed by atoms with Gasteiger partial charge in [-0.15, -0.1) is 0 Å². The standard InChI is InChI=1S/C11H13N3O/c12-8-11(10-2-1-3-13-9-10)14-4-6-15-7-5-14/h1-3,9,11H,4-7H2/t11-/m1/s1. The van der Waals surface area contributed by atoms with Gasteiger partial charge in [-0.05, 0) is 6.07 Å². The predicted molar refractivity (Wildman–Crippen MR) is 55.0 cm³/mol. The number of aromatic nitrogens is 1. The van der Waals surface area contributed by atoms with Gasteiger partial charge in [-0.25, -0.2) is 0 Å². The summed E-state index contributed by atoms with van der Waals surface area (Å²) in [6.07, 6.45) is 3.47. The summed E-state index contributed by atoms with van der Waals surface area (Å²) in [7, 11) is 0. The van der Waals surface area contributed by atoms with E-state index in [2.05, 4.69) is 16.0 Å². The lowest BCUT2D eigenvalue weighted by molar-refractivity contribution is 0.0266. The van der Waals surface area contributed by atoms with Gasteiger partial charge in [0.25, 0.3) is 0 Å². The second-order valence-corrected chi connectivity index (χ2v) is 3.47. The first-order valence-corrected chi connectivity index (χ1v) is 5.03. The molecule has 1 aliphatic rings. The lowest BCUT2D eigenvalue weighted by Gasteiger charge is -2.30. The van der Waals surface area contributed by atoms with Crippen molar-refractivity contribution in [1.29, 1.82) is 5.26 Å². The molecule has 1 aliphatic heterocycles. The molecular weight excluding hydrogens is 190 g/mol. The molecule has 4 nitrogen and oxygen atoms in total. The van der Waals surface area contributed by atoms with Crippen molar-refractivity contribution < 1.29 is 4.74 Å². The smallest absolute Gasteiger partial charge is 0.125 e. The number of ether oxygens (including phenoxy) is 1. The van der Waals surface area contributed by atoms with E-state index in [1.165, 1.54) is 0 Å². The van der Waals surface area contributed by atoms with E-state index in [1.807, 2.05) is 12.1 Å². The molecule has 0 radical (unpaired) electrons. The molecule has 0 spiro atoms. The molecule has 0 aliphatic carbocycles. The molecule has 0 unspecified atom stereocenters. The van der Waals surface area contributed by atoms with Gasteiger partial charge in [0.1, 0.15) is 6.04 Å². The van der Waals surface area contributed by atoms with E-state index < -0.39 is 0 Å². The van der Waals surface area contributed by atoms with Gasteiger partial charge in [-0.1, -0.05) is 6.07 Å². The Kier molecular flexibility index (Phi) is 3.28. The summed E-state index contributed by atoms with van der Waals surface area (Å²) in [6, 6.07) is 5.93. The summed E-state index contributed by atoms with van der Waals surface area (Å²) in [5.41, 5.74) is 0.960. The third-order valence-corrected chi connectivity index (χ3v) is 2.53. The Morgan fingerprint density at radius 3 is 2.87 bits per heavy atom. The molecule has 78 valence electrons. The van der Waals surface area contributed by atoms with Crippen molar-refractivity contribution >= 4 is 0 Å². The Labute approximate surface area is 89.1 Å². The Morgan fingerprint density at radius 2 is 2.27 bits per heavy atom. The van der Waals surface area contributed by atoms with Crippen LogP contribution in [0.25, 0.3) is 0 Å². The summed E-state index contributed by atoms with van der Waals surface area (Å²) < 4.78 is 5.26. The number of nitrogens with zero attached hydrogens (tertiary/aromatic N) is 3. The van der Waals surface area contributed by atoms with Crippen LogP contribution < -0.4 is 0 Å². The van der Waals surface area contributed by atoms with Crippen LogP contribution in [0.4, 0.5) is 0 Å². The number of nitriles is 1. The van der Waals surface area contributed by atoms with Crippen LogP contribution in [0.1, 0.15) is 11.6 Å². The molecule has 0 saturated carbocycles. The number of hydrogen-bond donors (Lipinski definition) is 0. The van der Waals surface area contributed by atoms with Crippen LogP contribution in [0.3, 0.4) is 0 Å². The zero-order valence-electron chi connectivity index (χ0n) is 8.47. The molecule has 15 heavy (non-hydrogen) atoms. The highest BCUT2D eigenvalue weighted by Gasteiger charge is 2.21. The molecule has 1 fully saturated rings. The van der Waals surface area contributed by atoms with E-state index in [4.69, 9.17) is 4.74 Å². The van der Waals surface area contributed by atoms with Crippen LogP contribution in [-0.4, -0.2) is 36.2 Å². The molecule has 1 aromatic rings. The largest absolute Gasteiger partial charge is 0.379 e. The summed E-state index contributed by atoms with van der Waals surface area (Å²) >= 11 is 0.